The fourth-order valence-electron chi connectivity index (χ4n) is 2.82. The molecule has 0 spiro atoms. The first-order valence-corrected chi connectivity index (χ1v) is 7.39. The largest absolute Gasteiger partial charge is 0.494 e. The lowest BCUT2D eigenvalue weighted by Gasteiger charge is -2.35. The van der Waals surface area contributed by atoms with Gasteiger partial charge < -0.3 is 14.7 Å². The van der Waals surface area contributed by atoms with Crippen LogP contribution >= 0.6 is 0 Å². The van der Waals surface area contributed by atoms with Gasteiger partial charge >= 0.3 is 5.97 Å². The van der Waals surface area contributed by atoms with Gasteiger partial charge in [0, 0.05) is 24.6 Å². The fourth-order valence-corrected chi connectivity index (χ4v) is 2.82. The Morgan fingerprint density at radius 3 is 2.82 bits per heavy atom. The summed E-state index contributed by atoms with van der Waals surface area (Å²) in [6, 6.07) is 4.04. The van der Waals surface area contributed by atoms with Gasteiger partial charge in [0.1, 0.15) is 0 Å². The highest BCUT2D eigenvalue weighted by Crippen LogP contribution is 2.25. The third-order valence-corrected chi connectivity index (χ3v) is 3.98. The van der Waals surface area contributed by atoms with Crippen molar-refractivity contribution < 1.29 is 23.8 Å². The number of piperidine rings is 1. The second-order valence-corrected chi connectivity index (χ2v) is 5.43. The summed E-state index contributed by atoms with van der Waals surface area (Å²) in [5.41, 5.74) is 0.264. The Morgan fingerprint density at radius 2 is 2.18 bits per heavy atom. The Bertz CT molecular complexity index is 561. The van der Waals surface area contributed by atoms with Crippen molar-refractivity contribution in [3.8, 4) is 5.75 Å². The van der Waals surface area contributed by atoms with Crippen molar-refractivity contribution in [2.24, 2.45) is 0 Å². The minimum Gasteiger partial charge on any atom is -0.494 e. The van der Waals surface area contributed by atoms with E-state index in [0.717, 1.165) is 19.3 Å². The van der Waals surface area contributed by atoms with Gasteiger partial charge in [-0.1, -0.05) is 0 Å². The SMILES string of the molecule is COc1ccc(C(=O)N2CCCCC2CCC(=O)O)cc1F. The van der Waals surface area contributed by atoms with Crippen molar-refractivity contribution >= 4 is 11.9 Å². The van der Waals surface area contributed by atoms with E-state index in [1.165, 1.54) is 25.3 Å². The first-order valence-electron chi connectivity index (χ1n) is 7.39. The number of methoxy groups -OCH3 is 1. The van der Waals surface area contributed by atoms with Crippen LogP contribution in [-0.2, 0) is 4.79 Å². The molecule has 0 saturated carbocycles. The van der Waals surface area contributed by atoms with Crippen molar-refractivity contribution in [1.29, 1.82) is 0 Å². The maximum absolute atomic E-state index is 13.8. The molecule has 1 unspecified atom stereocenters. The average molecular weight is 309 g/mol. The predicted octanol–water partition coefficient (Wildman–Crippen LogP) is 2.69. The second kappa shape index (κ2) is 7.24. The molecule has 2 rings (SSSR count). The summed E-state index contributed by atoms with van der Waals surface area (Å²) in [5, 5.41) is 8.81. The van der Waals surface area contributed by atoms with Crippen molar-refractivity contribution in [3.63, 3.8) is 0 Å². The number of carboxylic acids is 1. The molecule has 1 atom stereocenters. The molecule has 1 amide bonds. The third-order valence-electron chi connectivity index (χ3n) is 3.98. The van der Waals surface area contributed by atoms with Crippen LogP contribution in [0.25, 0.3) is 0 Å². The van der Waals surface area contributed by atoms with Gasteiger partial charge in [0.15, 0.2) is 11.6 Å². The second-order valence-electron chi connectivity index (χ2n) is 5.43. The minimum absolute atomic E-state index is 0.0332. The van der Waals surface area contributed by atoms with Gasteiger partial charge in [-0.15, -0.1) is 0 Å². The highest BCUT2D eigenvalue weighted by Gasteiger charge is 2.28. The number of ether oxygens (including phenoxy) is 1. The molecule has 1 heterocycles. The van der Waals surface area contributed by atoms with Crippen LogP contribution in [0, 0.1) is 5.82 Å². The van der Waals surface area contributed by atoms with Crippen LogP contribution in [0.5, 0.6) is 5.75 Å². The number of hydrogen-bond donors (Lipinski definition) is 1. The number of nitrogens with zero attached hydrogens (tertiary/aromatic N) is 1. The van der Waals surface area contributed by atoms with Crippen LogP contribution in [0.2, 0.25) is 0 Å². The van der Waals surface area contributed by atoms with Gasteiger partial charge in [0.2, 0.25) is 0 Å². The Labute approximate surface area is 128 Å². The van der Waals surface area contributed by atoms with Gasteiger partial charge in [-0.3, -0.25) is 9.59 Å². The molecule has 0 aromatic heterocycles. The summed E-state index contributed by atoms with van der Waals surface area (Å²) in [6.07, 6.45) is 3.11. The lowest BCUT2D eigenvalue weighted by molar-refractivity contribution is -0.137. The number of benzene rings is 1. The highest BCUT2D eigenvalue weighted by atomic mass is 19.1. The number of carbonyl (C=O) groups is 2. The molecule has 1 N–H and O–H groups in total. The zero-order valence-electron chi connectivity index (χ0n) is 12.5. The van der Waals surface area contributed by atoms with Gasteiger partial charge in [0.05, 0.1) is 7.11 Å². The smallest absolute Gasteiger partial charge is 0.303 e. The molecule has 6 heteroatoms. The quantitative estimate of drug-likeness (QED) is 0.908. The Morgan fingerprint density at radius 1 is 1.41 bits per heavy atom. The zero-order valence-corrected chi connectivity index (χ0v) is 12.5. The molecule has 1 aliphatic rings. The Balaban J connectivity index is 2.14. The molecule has 5 nitrogen and oxygen atoms in total. The van der Waals surface area contributed by atoms with E-state index >= 15 is 0 Å². The molecule has 0 radical (unpaired) electrons. The van der Waals surface area contributed by atoms with Gasteiger partial charge in [-0.2, -0.15) is 0 Å². The summed E-state index contributed by atoms with van der Waals surface area (Å²) in [7, 11) is 1.37. The van der Waals surface area contributed by atoms with Crippen LogP contribution < -0.4 is 4.74 Å². The summed E-state index contributed by atoms with van der Waals surface area (Å²) in [4.78, 5) is 25.0. The van der Waals surface area contributed by atoms with E-state index in [-0.39, 0.29) is 29.7 Å². The maximum Gasteiger partial charge on any atom is 0.303 e. The molecular formula is C16H20FNO4. The van der Waals surface area contributed by atoms with Crippen molar-refractivity contribution in [1.82, 2.24) is 4.90 Å². The zero-order chi connectivity index (χ0) is 16.1. The number of aliphatic carboxylic acids is 1. The molecule has 120 valence electrons. The van der Waals surface area contributed by atoms with Gasteiger partial charge in [0.25, 0.3) is 5.91 Å². The number of hydrogen-bond acceptors (Lipinski definition) is 3. The summed E-state index contributed by atoms with van der Waals surface area (Å²) >= 11 is 0. The van der Waals surface area contributed by atoms with Crippen molar-refractivity contribution in [2.45, 2.75) is 38.1 Å². The van der Waals surface area contributed by atoms with E-state index in [1.54, 1.807) is 4.90 Å². The molecule has 1 aliphatic heterocycles. The molecule has 0 aliphatic carbocycles. The van der Waals surface area contributed by atoms with Crippen LogP contribution in [0.15, 0.2) is 18.2 Å². The molecule has 1 fully saturated rings. The van der Waals surface area contributed by atoms with E-state index in [9.17, 15) is 14.0 Å². The van der Waals surface area contributed by atoms with E-state index in [0.29, 0.717) is 13.0 Å². The van der Waals surface area contributed by atoms with Crippen LogP contribution in [0.3, 0.4) is 0 Å². The number of likely N-dealkylation sites (tertiary alicyclic amines) is 1. The van der Waals surface area contributed by atoms with E-state index in [4.69, 9.17) is 9.84 Å². The first-order chi connectivity index (χ1) is 10.5. The first kappa shape index (κ1) is 16.3. The van der Waals surface area contributed by atoms with Gasteiger partial charge in [-0.05, 0) is 43.9 Å². The van der Waals surface area contributed by atoms with Crippen LogP contribution in [0.4, 0.5) is 4.39 Å². The summed E-state index contributed by atoms with van der Waals surface area (Å²) < 4.78 is 18.6. The topological polar surface area (TPSA) is 66.8 Å². The molecule has 22 heavy (non-hydrogen) atoms. The van der Waals surface area contributed by atoms with Crippen molar-refractivity contribution in [3.05, 3.63) is 29.6 Å². The molecular weight excluding hydrogens is 289 g/mol. The molecule has 1 aromatic rings. The fraction of sp³-hybridized carbons (Fsp3) is 0.500. The average Bonchev–Trinajstić information content (AvgIpc) is 2.52. The lowest BCUT2D eigenvalue weighted by Crippen LogP contribution is -2.44. The number of rotatable bonds is 5. The van der Waals surface area contributed by atoms with Crippen LogP contribution in [0.1, 0.15) is 42.5 Å². The standard InChI is InChI=1S/C16H20FNO4/c1-22-14-7-5-11(10-13(14)17)16(21)18-9-3-2-4-12(18)6-8-15(19)20/h5,7,10,12H,2-4,6,8-9H2,1H3,(H,19,20). The monoisotopic (exact) mass is 309 g/mol. The van der Waals surface area contributed by atoms with Crippen molar-refractivity contribution in [2.75, 3.05) is 13.7 Å². The Kier molecular flexibility index (Phi) is 5.35. The highest BCUT2D eigenvalue weighted by molar-refractivity contribution is 5.94. The predicted molar refractivity (Wildman–Crippen MR) is 78.5 cm³/mol. The molecule has 1 saturated heterocycles. The summed E-state index contributed by atoms with van der Waals surface area (Å²) in [5.74, 6) is -1.60. The van der Waals surface area contributed by atoms with Crippen LogP contribution in [-0.4, -0.2) is 41.6 Å². The molecule has 1 aromatic carbocycles. The number of carboxylic acid groups (broad SMARTS) is 1. The Hall–Kier alpha value is -2.11. The maximum atomic E-state index is 13.8. The third kappa shape index (κ3) is 3.75. The number of halogens is 1. The number of amides is 1. The van der Waals surface area contributed by atoms with E-state index in [1.807, 2.05) is 0 Å². The lowest BCUT2D eigenvalue weighted by atomic mass is 9.97. The normalized spacial score (nSPS) is 18.1. The van der Waals surface area contributed by atoms with E-state index < -0.39 is 11.8 Å². The molecule has 0 bridgehead atoms. The van der Waals surface area contributed by atoms with E-state index in [2.05, 4.69) is 0 Å². The summed E-state index contributed by atoms with van der Waals surface area (Å²) in [6.45, 7) is 0.580. The van der Waals surface area contributed by atoms with Gasteiger partial charge in [-0.25, -0.2) is 4.39 Å². The minimum atomic E-state index is -0.867. The number of carbonyl (C=O) groups excluding carboxylic acids is 1.